The Morgan fingerprint density at radius 1 is 0.650 bits per heavy atom. The second-order valence-corrected chi connectivity index (χ2v) is 5.23. The van der Waals surface area contributed by atoms with Crippen LogP contribution in [0.3, 0.4) is 0 Å². The van der Waals surface area contributed by atoms with Crippen LogP contribution >= 0.6 is 0 Å². The first-order valence-corrected chi connectivity index (χ1v) is 6.83. The highest BCUT2D eigenvalue weighted by Crippen LogP contribution is 2.44. The average molecular weight is 256 g/mol. The molecule has 0 aromatic heterocycles. The molecule has 1 heterocycles. The second-order valence-electron chi connectivity index (χ2n) is 5.23. The number of benzene rings is 3. The van der Waals surface area contributed by atoms with E-state index in [1.807, 2.05) is 6.07 Å². The predicted octanol–water partition coefficient (Wildman–Crippen LogP) is 5.21. The summed E-state index contributed by atoms with van der Waals surface area (Å²) in [6.45, 7) is 2.11. The Morgan fingerprint density at radius 3 is 2.20 bits per heavy atom. The molecule has 1 heteroatoms. The lowest BCUT2D eigenvalue weighted by molar-refractivity contribution is 1.24. The van der Waals surface area contributed by atoms with Crippen LogP contribution in [0.2, 0.25) is 0 Å². The van der Waals surface area contributed by atoms with Crippen molar-refractivity contribution in [2.75, 3.05) is 0 Å². The fraction of sp³-hybridized carbons (Fsp3) is 0.0526. The van der Waals surface area contributed by atoms with Crippen molar-refractivity contribution in [2.24, 2.45) is 0 Å². The van der Waals surface area contributed by atoms with Gasteiger partial charge in [-0.2, -0.15) is 0 Å². The molecule has 1 aliphatic heterocycles. The SMILES string of the molecule is Cc1ccc(-c2ccc3c(c2)-c2ccccc2[N]3)cc1. The zero-order valence-electron chi connectivity index (χ0n) is 11.3. The van der Waals surface area contributed by atoms with Gasteiger partial charge in [0.15, 0.2) is 0 Å². The number of nitrogens with zero attached hydrogens (tertiary/aromatic N) is 1. The molecule has 0 aliphatic carbocycles. The van der Waals surface area contributed by atoms with Crippen molar-refractivity contribution >= 4 is 11.4 Å². The lowest BCUT2D eigenvalue weighted by atomic mass is 9.98. The third-order valence-corrected chi connectivity index (χ3v) is 3.82. The van der Waals surface area contributed by atoms with E-state index >= 15 is 0 Å². The smallest absolute Gasteiger partial charge is 0.0716 e. The molecule has 0 saturated carbocycles. The fourth-order valence-electron chi connectivity index (χ4n) is 2.70. The van der Waals surface area contributed by atoms with Gasteiger partial charge in [0.05, 0.1) is 11.4 Å². The molecular formula is C19H14N. The molecule has 4 rings (SSSR count). The minimum atomic E-state index is 1.07. The van der Waals surface area contributed by atoms with Crippen molar-refractivity contribution in [3.05, 3.63) is 72.3 Å². The Morgan fingerprint density at radius 2 is 1.35 bits per heavy atom. The van der Waals surface area contributed by atoms with E-state index in [4.69, 9.17) is 0 Å². The Bertz CT molecular complexity index is 785. The third kappa shape index (κ3) is 1.71. The summed E-state index contributed by atoms with van der Waals surface area (Å²) in [5.74, 6) is 0. The van der Waals surface area contributed by atoms with E-state index in [0.717, 1.165) is 11.4 Å². The number of hydrogen-bond donors (Lipinski definition) is 0. The molecule has 95 valence electrons. The van der Waals surface area contributed by atoms with Gasteiger partial charge in [0.25, 0.3) is 0 Å². The lowest BCUT2D eigenvalue weighted by Crippen LogP contribution is -1.83. The van der Waals surface area contributed by atoms with Crippen molar-refractivity contribution in [3.8, 4) is 22.3 Å². The summed E-state index contributed by atoms with van der Waals surface area (Å²) in [4.78, 5) is 0. The number of para-hydroxylation sites is 1. The van der Waals surface area contributed by atoms with E-state index in [0.29, 0.717) is 0 Å². The Balaban J connectivity index is 1.85. The van der Waals surface area contributed by atoms with Gasteiger partial charge in [0, 0.05) is 11.1 Å². The highest BCUT2D eigenvalue weighted by atomic mass is 14.9. The third-order valence-electron chi connectivity index (χ3n) is 3.82. The molecule has 1 radical (unpaired) electrons. The molecule has 0 spiro atoms. The number of rotatable bonds is 1. The van der Waals surface area contributed by atoms with Gasteiger partial charge in [-0.1, -0.05) is 54.1 Å². The van der Waals surface area contributed by atoms with Gasteiger partial charge in [-0.05, 0) is 36.2 Å². The quantitative estimate of drug-likeness (QED) is 0.444. The van der Waals surface area contributed by atoms with Gasteiger partial charge in [-0.3, -0.25) is 0 Å². The number of aryl methyl sites for hydroxylation is 1. The standard InChI is InChI=1S/C19H14N/c1-13-6-8-14(9-7-13)15-10-11-19-17(12-15)16-4-2-3-5-18(16)20-19/h2-12H,1H3. The normalized spacial score (nSPS) is 11.7. The topological polar surface area (TPSA) is 14.1 Å². The molecule has 1 nitrogen and oxygen atoms in total. The van der Waals surface area contributed by atoms with Crippen molar-refractivity contribution in [2.45, 2.75) is 6.92 Å². The van der Waals surface area contributed by atoms with E-state index < -0.39 is 0 Å². The van der Waals surface area contributed by atoms with Crippen LogP contribution in [0.25, 0.3) is 22.3 Å². The molecule has 20 heavy (non-hydrogen) atoms. The summed E-state index contributed by atoms with van der Waals surface area (Å²) in [6.07, 6.45) is 0. The van der Waals surface area contributed by atoms with Crippen molar-refractivity contribution in [3.63, 3.8) is 0 Å². The summed E-state index contributed by atoms with van der Waals surface area (Å²) in [6, 6.07) is 23.5. The van der Waals surface area contributed by atoms with E-state index in [-0.39, 0.29) is 0 Å². The number of hydrogen-bond acceptors (Lipinski definition) is 0. The van der Waals surface area contributed by atoms with Crippen LogP contribution in [-0.2, 0) is 0 Å². The zero-order valence-corrected chi connectivity index (χ0v) is 11.3. The maximum atomic E-state index is 4.66. The van der Waals surface area contributed by atoms with Crippen LogP contribution in [0, 0.1) is 6.92 Å². The van der Waals surface area contributed by atoms with Crippen molar-refractivity contribution in [1.82, 2.24) is 5.32 Å². The molecule has 0 saturated heterocycles. The minimum absolute atomic E-state index is 1.07. The van der Waals surface area contributed by atoms with Crippen molar-refractivity contribution < 1.29 is 0 Å². The molecule has 0 N–H and O–H groups in total. The molecule has 0 bridgehead atoms. The van der Waals surface area contributed by atoms with E-state index in [2.05, 4.69) is 72.9 Å². The first-order valence-electron chi connectivity index (χ1n) is 6.83. The highest BCUT2D eigenvalue weighted by molar-refractivity contribution is 5.92. The van der Waals surface area contributed by atoms with E-state index in [1.54, 1.807) is 0 Å². The van der Waals surface area contributed by atoms with Crippen LogP contribution < -0.4 is 5.32 Å². The highest BCUT2D eigenvalue weighted by Gasteiger charge is 2.19. The molecule has 0 amide bonds. The van der Waals surface area contributed by atoms with Gasteiger partial charge in [0.2, 0.25) is 0 Å². The molecular weight excluding hydrogens is 242 g/mol. The first kappa shape index (κ1) is 11.3. The summed E-state index contributed by atoms with van der Waals surface area (Å²) in [7, 11) is 0. The summed E-state index contributed by atoms with van der Waals surface area (Å²) >= 11 is 0. The Labute approximate surface area is 118 Å². The Hall–Kier alpha value is -2.54. The second kappa shape index (κ2) is 4.24. The van der Waals surface area contributed by atoms with Crippen LogP contribution in [0.5, 0.6) is 0 Å². The van der Waals surface area contributed by atoms with Gasteiger partial charge in [0.1, 0.15) is 0 Å². The first-order chi connectivity index (χ1) is 9.81. The van der Waals surface area contributed by atoms with Crippen LogP contribution in [0.15, 0.2) is 66.7 Å². The van der Waals surface area contributed by atoms with Crippen LogP contribution in [0.4, 0.5) is 11.4 Å². The predicted molar refractivity (Wildman–Crippen MR) is 83.5 cm³/mol. The molecule has 0 unspecified atom stereocenters. The largest absolute Gasteiger partial charge is 0.248 e. The molecule has 3 aromatic rings. The zero-order chi connectivity index (χ0) is 13.5. The Kier molecular flexibility index (Phi) is 2.40. The average Bonchev–Trinajstić information content (AvgIpc) is 2.86. The lowest BCUT2D eigenvalue weighted by Gasteiger charge is -2.05. The van der Waals surface area contributed by atoms with E-state index in [9.17, 15) is 0 Å². The summed E-state index contributed by atoms with van der Waals surface area (Å²) < 4.78 is 0. The van der Waals surface area contributed by atoms with Crippen LogP contribution in [-0.4, -0.2) is 0 Å². The minimum Gasteiger partial charge on any atom is -0.248 e. The summed E-state index contributed by atoms with van der Waals surface area (Å²) in [5, 5.41) is 4.66. The van der Waals surface area contributed by atoms with Gasteiger partial charge >= 0.3 is 0 Å². The maximum Gasteiger partial charge on any atom is 0.0716 e. The maximum absolute atomic E-state index is 4.66. The molecule has 0 fully saturated rings. The van der Waals surface area contributed by atoms with Gasteiger partial charge in [-0.25, -0.2) is 5.32 Å². The number of fused-ring (bicyclic) bond motifs is 3. The fourth-order valence-corrected chi connectivity index (χ4v) is 2.70. The summed E-state index contributed by atoms with van der Waals surface area (Å²) in [5.41, 5.74) is 8.40. The van der Waals surface area contributed by atoms with Gasteiger partial charge < -0.3 is 0 Å². The molecule has 0 atom stereocenters. The molecule has 1 aliphatic rings. The molecule has 3 aromatic carbocycles. The monoisotopic (exact) mass is 256 g/mol. The van der Waals surface area contributed by atoms with E-state index in [1.165, 1.54) is 27.8 Å². The van der Waals surface area contributed by atoms with Crippen LogP contribution in [0.1, 0.15) is 5.56 Å². The van der Waals surface area contributed by atoms with Crippen molar-refractivity contribution in [1.29, 1.82) is 0 Å². The van der Waals surface area contributed by atoms with Gasteiger partial charge in [-0.15, -0.1) is 0 Å².